The Morgan fingerprint density at radius 3 is 2.66 bits per heavy atom. The SMILES string of the molecule is CCNc1cc(F)cc2c1Cc1ncc(-c3cncc(C(N)=O)c3)c(-n3ccc(C(F)(F)F)n3)c1-2. The summed E-state index contributed by atoms with van der Waals surface area (Å²) < 4.78 is 55.8. The number of anilines is 1. The predicted octanol–water partition coefficient (Wildman–Crippen LogP) is 4.59. The summed E-state index contributed by atoms with van der Waals surface area (Å²) in [5.74, 6) is -1.21. The van der Waals surface area contributed by atoms with Gasteiger partial charge in [0.05, 0.1) is 16.9 Å². The first-order valence-corrected chi connectivity index (χ1v) is 10.6. The first-order chi connectivity index (χ1) is 16.7. The van der Waals surface area contributed by atoms with E-state index in [4.69, 9.17) is 5.73 Å². The van der Waals surface area contributed by atoms with Crippen molar-refractivity contribution >= 4 is 11.6 Å². The van der Waals surface area contributed by atoms with Gasteiger partial charge in [-0.3, -0.25) is 14.8 Å². The number of halogens is 4. The quantitative estimate of drug-likeness (QED) is 0.357. The Labute approximate surface area is 196 Å². The van der Waals surface area contributed by atoms with Gasteiger partial charge in [0.2, 0.25) is 5.91 Å². The summed E-state index contributed by atoms with van der Waals surface area (Å²) in [5.41, 5.74) is 8.33. The molecule has 1 aliphatic carbocycles. The van der Waals surface area contributed by atoms with E-state index in [9.17, 15) is 22.4 Å². The maximum Gasteiger partial charge on any atom is 0.435 e. The number of hydrogen-bond acceptors (Lipinski definition) is 5. The smallest absolute Gasteiger partial charge is 0.385 e. The number of nitrogens with one attached hydrogen (secondary N) is 1. The van der Waals surface area contributed by atoms with E-state index in [0.717, 1.165) is 16.3 Å². The van der Waals surface area contributed by atoms with Gasteiger partial charge in [0.25, 0.3) is 0 Å². The van der Waals surface area contributed by atoms with Crippen LogP contribution in [0.3, 0.4) is 0 Å². The average Bonchev–Trinajstić information content (AvgIpc) is 3.44. The third-order valence-corrected chi connectivity index (χ3v) is 5.77. The summed E-state index contributed by atoms with van der Waals surface area (Å²) in [7, 11) is 0. The lowest BCUT2D eigenvalue weighted by Crippen LogP contribution is -2.12. The van der Waals surface area contributed by atoms with Crippen molar-refractivity contribution in [3.63, 3.8) is 0 Å². The highest BCUT2D eigenvalue weighted by molar-refractivity contribution is 5.95. The number of fused-ring (bicyclic) bond motifs is 3. The highest BCUT2D eigenvalue weighted by Crippen LogP contribution is 2.46. The molecule has 1 amide bonds. The fourth-order valence-electron chi connectivity index (χ4n) is 4.29. The maximum absolute atomic E-state index is 14.6. The van der Waals surface area contributed by atoms with Gasteiger partial charge in [-0.1, -0.05) is 0 Å². The minimum atomic E-state index is -4.66. The molecule has 0 saturated heterocycles. The number of nitrogens with two attached hydrogens (primary N) is 1. The van der Waals surface area contributed by atoms with Gasteiger partial charge in [0, 0.05) is 60.1 Å². The Kier molecular flexibility index (Phi) is 5.27. The van der Waals surface area contributed by atoms with Crippen molar-refractivity contribution in [1.82, 2.24) is 19.7 Å². The molecule has 3 N–H and O–H groups in total. The normalized spacial score (nSPS) is 12.4. The lowest BCUT2D eigenvalue weighted by molar-refractivity contribution is -0.141. The Balaban J connectivity index is 1.82. The van der Waals surface area contributed by atoms with E-state index in [1.807, 2.05) is 6.92 Å². The van der Waals surface area contributed by atoms with Crippen LogP contribution in [0.1, 0.15) is 34.2 Å². The Morgan fingerprint density at radius 1 is 1.17 bits per heavy atom. The zero-order valence-corrected chi connectivity index (χ0v) is 18.3. The topological polar surface area (TPSA) is 98.7 Å². The maximum atomic E-state index is 14.6. The number of rotatable bonds is 5. The number of amides is 1. The number of carbonyl (C=O) groups excluding carboxylic acids is 1. The number of nitrogens with zero attached hydrogens (tertiary/aromatic N) is 4. The van der Waals surface area contributed by atoms with Gasteiger partial charge >= 0.3 is 6.18 Å². The molecule has 7 nitrogen and oxygen atoms in total. The Morgan fingerprint density at radius 2 is 1.97 bits per heavy atom. The second-order valence-corrected chi connectivity index (χ2v) is 8.00. The largest absolute Gasteiger partial charge is 0.435 e. The summed E-state index contributed by atoms with van der Waals surface area (Å²) in [4.78, 5) is 20.3. The third kappa shape index (κ3) is 3.88. The van der Waals surface area contributed by atoms with Gasteiger partial charge in [0.1, 0.15) is 5.82 Å². The van der Waals surface area contributed by atoms with E-state index in [1.165, 1.54) is 43.0 Å². The van der Waals surface area contributed by atoms with Gasteiger partial charge in [-0.15, -0.1) is 0 Å². The summed E-state index contributed by atoms with van der Waals surface area (Å²) in [6, 6.07) is 5.05. The van der Waals surface area contributed by atoms with Crippen LogP contribution in [0.15, 0.2) is 49.1 Å². The molecule has 0 fully saturated rings. The van der Waals surface area contributed by atoms with Gasteiger partial charge in [0.15, 0.2) is 5.69 Å². The number of hydrogen-bond donors (Lipinski definition) is 2. The van der Waals surface area contributed by atoms with Crippen LogP contribution in [0.25, 0.3) is 27.9 Å². The molecule has 0 saturated carbocycles. The number of primary amides is 1. The molecule has 3 heterocycles. The van der Waals surface area contributed by atoms with E-state index in [-0.39, 0.29) is 11.3 Å². The van der Waals surface area contributed by atoms with E-state index < -0.39 is 23.6 Å². The molecule has 1 aromatic carbocycles. The number of benzene rings is 1. The summed E-state index contributed by atoms with van der Waals surface area (Å²) in [5, 5.41) is 6.90. The Bertz CT molecular complexity index is 1480. The number of alkyl halides is 3. The second kappa shape index (κ2) is 8.19. The van der Waals surface area contributed by atoms with Crippen molar-refractivity contribution in [2.45, 2.75) is 19.5 Å². The summed E-state index contributed by atoms with van der Waals surface area (Å²) >= 11 is 0. The molecular weight excluding hydrogens is 464 g/mol. The Hall–Kier alpha value is -4.28. The lowest BCUT2D eigenvalue weighted by atomic mass is 9.98. The van der Waals surface area contributed by atoms with Gasteiger partial charge in [-0.2, -0.15) is 18.3 Å². The number of pyridine rings is 2. The molecule has 0 spiro atoms. The van der Waals surface area contributed by atoms with Crippen molar-refractivity contribution < 1.29 is 22.4 Å². The highest BCUT2D eigenvalue weighted by Gasteiger charge is 2.35. The molecule has 1 aliphatic rings. The minimum absolute atomic E-state index is 0.117. The van der Waals surface area contributed by atoms with E-state index in [1.54, 1.807) is 0 Å². The standard InChI is InChI=1S/C24H18F4N6O/c1-2-31-18-7-14(25)6-16-15(18)8-19-21(16)22(34-4-3-20(33-34)24(26,27)28)17(11-32-19)12-5-13(23(29)35)10-30-9-12/h3-7,9-11,31H,2,8H2,1H3,(H2,29,35). The van der Waals surface area contributed by atoms with Crippen LogP contribution in [-0.4, -0.2) is 32.2 Å². The molecule has 3 aromatic heterocycles. The molecule has 0 radical (unpaired) electrons. The van der Waals surface area contributed by atoms with Crippen molar-refractivity contribution in [1.29, 1.82) is 0 Å². The van der Waals surface area contributed by atoms with E-state index in [0.29, 0.717) is 46.6 Å². The second-order valence-electron chi connectivity index (χ2n) is 8.00. The molecule has 0 aliphatic heterocycles. The predicted molar refractivity (Wildman–Crippen MR) is 120 cm³/mol. The van der Waals surface area contributed by atoms with Crippen molar-refractivity contribution in [3.8, 4) is 27.9 Å². The molecule has 11 heteroatoms. The van der Waals surface area contributed by atoms with Crippen LogP contribution in [0, 0.1) is 5.82 Å². The van der Waals surface area contributed by atoms with Crippen LogP contribution >= 0.6 is 0 Å². The summed E-state index contributed by atoms with van der Waals surface area (Å²) in [6.45, 7) is 2.43. The number of aromatic nitrogens is 4. The van der Waals surface area contributed by atoms with Gasteiger partial charge in [-0.05, 0) is 42.3 Å². The van der Waals surface area contributed by atoms with Gasteiger partial charge < -0.3 is 11.1 Å². The van der Waals surface area contributed by atoms with Crippen LogP contribution in [0.5, 0.6) is 0 Å². The van der Waals surface area contributed by atoms with Crippen LogP contribution in [-0.2, 0) is 12.6 Å². The molecule has 4 aromatic rings. The van der Waals surface area contributed by atoms with Crippen molar-refractivity contribution in [2.24, 2.45) is 5.73 Å². The lowest BCUT2D eigenvalue weighted by Gasteiger charge is -2.16. The van der Waals surface area contributed by atoms with Crippen LogP contribution in [0.2, 0.25) is 0 Å². The average molecular weight is 482 g/mol. The van der Waals surface area contributed by atoms with E-state index in [2.05, 4.69) is 20.4 Å². The first-order valence-electron chi connectivity index (χ1n) is 10.6. The third-order valence-electron chi connectivity index (χ3n) is 5.77. The minimum Gasteiger partial charge on any atom is -0.385 e. The molecular formula is C24H18F4N6O. The zero-order chi connectivity index (χ0) is 24.9. The van der Waals surface area contributed by atoms with Crippen LogP contribution in [0.4, 0.5) is 23.2 Å². The fourth-order valence-corrected chi connectivity index (χ4v) is 4.29. The number of carbonyl (C=O) groups is 1. The summed E-state index contributed by atoms with van der Waals surface area (Å²) in [6.07, 6.45) is 1.11. The van der Waals surface area contributed by atoms with E-state index >= 15 is 0 Å². The zero-order valence-electron chi connectivity index (χ0n) is 18.3. The molecule has 0 unspecified atom stereocenters. The molecule has 5 rings (SSSR count). The van der Waals surface area contributed by atoms with Gasteiger partial charge in [-0.25, -0.2) is 9.07 Å². The van der Waals surface area contributed by atoms with Crippen molar-refractivity contribution in [2.75, 3.05) is 11.9 Å². The fraction of sp³-hybridized carbons (Fsp3) is 0.167. The molecule has 0 atom stereocenters. The monoisotopic (exact) mass is 482 g/mol. The molecule has 0 bridgehead atoms. The highest BCUT2D eigenvalue weighted by atomic mass is 19.4. The molecule has 35 heavy (non-hydrogen) atoms. The molecule has 178 valence electrons. The van der Waals surface area contributed by atoms with Crippen LogP contribution < -0.4 is 11.1 Å². The van der Waals surface area contributed by atoms with Crippen molar-refractivity contribution in [3.05, 3.63) is 77.4 Å². The first kappa shape index (κ1) is 22.5.